The molecule has 0 atom stereocenters. The monoisotopic (exact) mass is 381 g/mol. The molecule has 0 aliphatic heterocycles. The lowest BCUT2D eigenvalue weighted by Gasteiger charge is -2.18. The summed E-state index contributed by atoms with van der Waals surface area (Å²) in [4.78, 5) is 8.52. The molecule has 0 radical (unpaired) electrons. The molecule has 0 saturated carbocycles. The average Bonchev–Trinajstić information content (AvgIpc) is 2.65. The normalized spacial score (nSPS) is 13.8. The summed E-state index contributed by atoms with van der Waals surface area (Å²) in [5, 5.41) is 0. The number of alkyl halides is 1. The third kappa shape index (κ3) is 6.45. The summed E-state index contributed by atoms with van der Waals surface area (Å²) in [5.41, 5.74) is 9.14. The molecule has 0 spiro atoms. The van der Waals surface area contributed by atoms with Crippen LogP contribution in [-0.4, -0.2) is 24.6 Å². The summed E-state index contributed by atoms with van der Waals surface area (Å²) < 4.78 is 14.4. The lowest BCUT2D eigenvalue weighted by atomic mass is 9.97. The number of rotatable bonds is 10. The van der Waals surface area contributed by atoms with Crippen LogP contribution in [0.5, 0.6) is 0 Å². The van der Waals surface area contributed by atoms with Crippen LogP contribution in [0.4, 0.5) is 4.39 Å². The number of nitrogens with zero attached hydrogens (tertiary/aromatic N) is 2. The van der Waals surface area contributed by atoms with Crippen molar-refractivity contribution in [2.45, 2.75) is 46.2 Å². The molecule has 28 heavy (non-hydrogen) atoms. The molecule has 2 N–H and O–H groups in total. The first kappa shape index (κ1) is 23.3. The van der Waals surface area contributed by atoms with E-state index in [-0.39, 0.29) is 5.71 Å². The molecule has 0 bridgehead atoms. The third-order valence-electron chi connectivity index (χ3n) is 4.39. The van der Waals surface area contributed by atoms with Gasteiger partial charge in [0.15, 0.2) is 0 Å². The minimum Gasteiger partial charge on any atom is -0.404 e. The van der Waals surface area contributed by atoms with E-state index in [1.165, 1.54) is 37.3 Å². The molecule has 0 aliphatic rings. The van der Waals surface area contributed by atoms with E-state index in [1.54, 1.807) is 0 Å². The highest BCUT2D eigenvalue weighted by molar-refractivity contribution is 6.07. The molecule has 1 rings (SSSR count). The largest absolute Gasteiger partial charge is 0.404 e. The van der Waals surface area contributed by atoms with E-state index in [4.69, 9.17) is 5.73 Å². The van der Waals surface area contributed by atoms with Crippen molar-refractivity contribution in [3.8, 4) is 0 Å². The second kappa shape index (κ2) is 11.2. The van der Waals surface area contributed by atoms with E-state index < -0.39 is 5.67 Å². The Hall–Kier alpha value is -2.75. The van der Waals surface area contributed by atoms with Crippen molar-refractivity contribution in [2.24, 2.45) is 15.7 Å². The fraction of sp³-hybridized carbons (Fsp3) is 0.333. The van der Waals surface area contributed by atoms with E-state index in [9.17, 15) is 4.39 Å². The van der Waals surface area contributed by atoms with E-state index in [0.717, 1.165) is 24.1 Å². The van der Waals surface area contributed by atoms with E-state index in [2.05, 4.69) is 43.2 Å². The fourth-order valence-corrected chi connectivity index (χ4v) is 2.96. The van der Waals surface area contributed by atoms with Crippen molar-refractivity contribution >= 4 is 18.1 Å². The summed E-state index contributed by atoms with van der Waals surface area (Å²) in [5.74, 6) is 0. The lowest BCUT2D eigenvalue weighted by Crippen LogP contribution is -2.28. The first-order valence-electron chi connectivity index (χ1n) is 9.51. The van der Waals surface area contributed by atoms with Crippen molar-refractivity contribution in [3.05, 3.63) is 77.5 Å². The van der Waals surface area contributed by atoms with Gasteiger partial charge in [-0.3, -0.25) is 9.98 Å². The van der Waals surface area contributed by atoms with Gasteiger partial charge in [0.2, 0.25) is 0 Å². The van der Waals surface area contributed by atoms with Gasteiger partial charge >= 0.3 is 0 Å². The number of aliphatic imine (C=N–C) groups is 2. The van der Waals surface area contributed by atoms with Crippen LogP contribution in [0, 0.1) is 6.92 Å². The predicted molar refractivity (Wildman–Crippen MR) is 122 cm³/mol. The summed E-state index contributed by atoms with van der Waals surface area (Å²) in [6.45, 7) is 14.9. The van der Waals surface area contributed by atoms with E-state index >= 15 is 0 Å². The van der Waals surface area contributed by atoms with E-state index in [0.29, 0.717) is 12.1 Å². The molecule has 0 amide bonds. The SMILES string of the molecule is C=CC(=CN)C(=NC/C=C\C=C(/N=C)c1cccc(CCC)c1C)C(C)(C)F. The molecule has 0 aliphatic carbocycles. The molecule has 1 aromatic rings. The zero-order chi connectivity index (χ0) is 21.2. The van der Waals surface area contributed by atoms with Crippen molar-refractivity contribution in [2.75, 3.05) is 6.54 Å². The maximum absolute atomic E-state index is 14.4. The minimum atomic E-state index is -1.60. The van der Waals surface area contributed by atoms with Gasteiger partial charge < -0.3 is 5.73 Å². The molecule has 0 fully saturated rings. The molecule has 0 unspecified atom stereocenters. The minimum absolute atomic E-state index is 0.281. The van der Waals surface area contributed by atoms with Crippen LogP contribution in [-0.2, 0) is 6.42 Å². The fourth-order valence-electron chi connectivity index (χ4n) is 2.96. The number of aryl methyl sites for hydroxylation is 1. The Bertz CT molecular complexity index is 806. The van der Waals surface area contributed by atoms with Crippen molar-refractivity contribution in [3.63, 3.8) is 0 Å². The van der Waals surface area contributed by atoms with Crippen molar-refractivity contribution in [1.29, 1.82) is 0 Å². The van der Waals surface area contributed by atoms with Crippen LogP contribution >= 0.6 is 0 Å². The Morgan fingerprint density at radius 3 is 2.57 bits per heavy atom. The Labute approximate surface area is 169 Å². The van der Waals surface area contributed by atoms with Crippen LogP contribution in [0.2, 0.25) is 0 Å². The van der Waals surface area contributed by atoms with Gasteiger partial charge in [0.05, 0.1) is 18.0 Å². The van der Waals surface area contributed by atoms with Crippen LogP contribution in [0.1, 0.15) is 43.9 Å². The quantitative estimate of drug-likeness (QED) is 0.406. The van der Waals surface area contributed by atoms with Crippen LogP contribution < -0.4 is 5.73 Å². The highest BCUT2D eigenvalue weighted by Gasteiger charge is 2.25. The van der Waals surface area contributed by atoms with Crippen molar-refractivity contribution < 1.29 is 4.39 Å². The van der Waals surface area contributed by atoms with Crippen molar-refractivity contribution in [1.82, 2.24) is 0 Å². The number of benzene rings is 1. The van der Waals surface area contributed by atoms with Gasteiger partial charge in [-0.1, -0.05) is 56.4 Å². The summed E-state index contributed by atoms with van der Waals surface area (Å²) in [6.07, 6.45) is 10.6. The van der Waals surface area contributed by atoms with Gasteiger partial charge in [-0.2, -0.15) is 0 Å². The second-order valence-corrected chi connectivity index (χ2v) is 6.97. The molecule has 0 saturated heterocycles. The summed E-state index contributed by atoms with van der Waals surface area (Å²) in [7, 11) is 0. The number of allylic oxidation sites excluding steroid dienone is 4. The van der Waals surface area contributed by atoms with Crippen LogP contribution in [0.15, 0.2) is 70.8 Å². The molecule has 3 nitrogen and oxygen atoms in total. The van der Waals surface area contributed by atoms with Gasteiger partial charge in [0.25, 0.3) is 0 Å². The Morgan fingerprint density at radius 2 is 2.04 bits per heavy atom. The van der Waals surface area contributed by atoms with Crippen LogP contribution in [0.3, 0.4) is 0 Å². The summed E-state index contributed by atoms with van der Waals surface area (Å²) >= 11 is 0. The molecule has 150 valence electrons. The third-order valence-corrected chi connectivity index (χ3v) is 4.39. The molecular weight excluding hydrogens is 349 g/mol. The second-order valence-electron chi connectivity index (χ2n) is 6.97. The first-order valence-corrected chi connectivity index (χ1v) is 9.51. The van der Waals surface area contributed by atoms with E-state index in [1.807, 2.05) is 30.4 Å². The maximum Gasteiger partial charge on any atom is 0.147 e. The lowest BCUT2D eigenvalue weighted by molar-refractivity contribution is 0.313. The zero-order valence-corrected chi connectivity index (χ0v) is 17.5. The molecular formula is C24H32FN3. The topological polar surface area (TPSA) is 50.7 Å². The molecule has 4 heteroatoms. The Kier molecular flexibility index (Phi) is 9.29. The summed E-state index contributed by atoms with van der Waals surface area (Å²) in [6, 6.07) is 6.25. The Balaban J connectivity index is 3.05. The van der Waals surface area contributed by atoms with Crippen LogP contribution in [0.25, 0.3) is 5.70 Å². The smallest absolute Gasteiger partial charge is 0.147 e. The van der Waals surface area contributed by atoms with Gasteiger partial charge in [-0.25, -0.2) is 4.39 Å². The van der Waals surface area contributed by atoms with Gasteiger partial charge in [0.1, 0.15) is 5.67 Å². The zero-order valence-electron chi connectivity index (χ0n) is 17.5. The molecule has 0 aromatic heterocycles. The number of hydrogen-bond acceptors (Lipinski definition) is 3. The molecule has 0 heterocycles. The Morgan fingerprint density at radius 1 is 1.32 bits per heavy atom. The first-order chi connectivity index (χ1) is 13.3. The maximum atomic E-state index is 14.4. The van der Waals surface area contributed by atoms with Gasteiger partial charge in [0, 0.05) is 17.3 Å². The highest BCUT2D eigenvalue weighted by Crippen LogP contribution is 2.24. The number of halogens is 1. The predicted octanol–water partition coefficient (Wildman–Crippen LogP) is 5.76. The molecule has 1 aromatic carbocycles. The highest BCUT2D eigenvalue weighted by atomic mass is 19.1. The number of hydrogen-bond donors (Lipinski definition) is 1. The standard InChI is InChI=1S/C24H32FN3/c1-7-12-20-13-11-14-21(18(20)3)22(27-6)15-9-10-16-28-23(24(4,5)25)19(8-2)17-26/h8-11,13-15,17H,2,6-7,12,16,26H2,1,3-5H3/b10-9-,19-17?,22-15-,28-23?. The number of nitrogens with two attached hydrogens (primary N) is 1. The average molecular weight is 382 g/mol. The van der Waals surface area contributed by atoms with Gasteiger partial charge in [-0.15, -0.1) is 0 Å². The van der Waals surface area contributed by atoms with Gasteiger partial charge in [-0.05, 0) is 51.1 Å².